The van der Waals surface area contributed by atoms with Crippen molar-refractivity contribution in [1.82, 2.24) is 0 Å². The molecule has 3 aromatic carbocycles. The fourth-order valence-electron chi connectivity index (χ4n) is 2.85. The maximum atomic E-state index is 12.8. The van der Waals surface area contributed by atoms with Gasteiger partial charge in [-0.2, -0.15) is 0 Å². The topological polar surface area (TPSA) is 55.4 Å². The minimum Gasteiger partial charge on any atom is -0.462 e. The molecule has 0 aliphatic carbocycles. The molecule has 0 saturated carbocycles. The highest BCUT2D eigenvalue weighted by Gasteiger charge is 2.14. The first-order valence-corrected chi connectivity index (χ1v) is 9.32. The third-order valence-corrected chi connectivity index (χ3v) is 4.77. The van der Waals surface area contributed by atoms with E-state index in [-0.39, 0.29) is 11.8 Å². The number of ether oxygens (including phenoxy) is 1. The van der Waals surface area contributed by atoms with Gasteiger partial charge < -0.3 is 10.1 Å². The fraction of sp³-hybridized carbons (Fsp3) is 0.130. The predicted molar refractivity (Wildman–Crippen MR) is 112 cm³/mol. The summed E-state index contributed by atoms with van der Waals surface area (Å²) in [7, 11) is 0. The van der Waals surface area contributed by atoms with Crippen LogP contribution in [0.3, 0.4) is 0 Å². The summed E-state index contributed by atoms with van der Waals surface area (Å²) in [5, 5.41) is 3.77. The molecule has 0 aliphatic rings. The number of carbonyl (C=O) groups is 2. The van der Waals surface area contributed by atoms with E-state index < -0.39 is 0 Å². The second kappa shape index (κ2) is 8.72. The molecule has 3 aromatic rings. The number of benzene rings is 3. The molecule has 0 spiro atoms. The quantitative estimate of drug-likeness (QED) is 0.424. The largest absolute Gasteiger partial charge is 0.462 e. The lowest BCUT2D eigenvalue weighted by Crippen LogP contribution is -2.08. The predicted octanol–water partition coefficient (Wildman–Crippen LogP) is 5.80. The van der Waals surface area contributed by atoms with E-state index in [0.717, 1.165) is 11.3 Å². The summed E-state index contributed by atoms with van der Waals surface area (Å²) in [4.78, 5) is 24.9. The van der Waals surface area contributed by atoms with E-state index in [1.54, 1.807) is 67.6 Å². The van der Waals surface area contributed by atoms with Crippen molar-refractivity contribution in [3.05, 3.63) is 94.0 Å². The van der Waals surface area contributed by atoms with E-state index in [4.69, 9.17) is 16.3 Å². The molecular formula is C23H20ClNO3. The van der Waals surface area contributed by atoms with Crippen LogP contribution in [-0.4, -0.2) is 18.4 Å². The van der Waals surface area contributed by atoms with Gasteiger partial charge in [-0.05, 0) is 61.9 Å². The van der Waals surface area contributed by atoms with Crippen LogP contribution in [0.15, 0.2) is 66.7 Å². The summed E-state index contributed by atoms with van der Waals surface area (Å²) in [6.45, 7) is 3.91. The first-order valence-electron chi connectivity index (χ1n) is 8.94. The number of carbonyl (C=O) groups excluding carboxylic acids is 2. The van der Waals surface area contributed by atoms with Crippen LogP contribution in [0.5, 0.6) is 0 Å². The number of hydrogen-bond acceptors (Lipinski definition) is 4. The van der Waals surface area contributed by atoms with Crippen LogP contribution in [0.1, 0.15) is 38.8 Å². The molecule has 4 nitrogen and oxygen atoms in total. The molecule has 0 heterocycles. The van der Waals surface area contributed by atoms with Crippen molar-refractivity contribution in [3.63, 3.8) is 0 Å². The number of rotatable bonds is 6. The standard InChI is InChI=1S/C23H20ClNO3/c1-3-28-23(27)19-7-4-5-10-21(19)25-17-13-11-16(12-14-17)22(26)18-8-6-9-20(24)15(18)2/h4-14,25H,3H2,1-2H3. The molecule has 0 atom stereocenters. The van der Waals surface area contributed by atoms with Crippen LogP contribution in [0.4, 0.5) is 11.4 Å². The highest BCUT2D eigenvalue weighted by molar-refractivity contribution is 6.32. The zero-order valence-corrected chi connectivity index (χ0v) is 16.4. The van der Waals surface area contributed by atoms with Gasteiger partial charge >= 0.3 is 5.97 Å². The summed E-state index contributed by atoms with van der Waals surface area (Å²) in [5.74, 6) is -0.465. The lowest BCUT2D eigenvalue weighted by molar-refractivity contribution is 0.0527. The van der Waals surface area contributed by atoms with E-state index in [0.29, 0.717) is 34.0 Å². The number of ketones is 1. The van der Waals surface area contributed by atoms with Gasteiger partial charge in [0.1, 0.15) is 0 Å². The van der Waals surface area contributed by atoms with Crippen LogP contribution in [0.25, 0.3) is 0 Å². The first-order chi connectivity index (χ1) is 13.5. The Hall–Kier alpha value is -3.11. The molecule has 0 saturated heterocycles. The van der Waals surface area contributed by atoms with Crippen LogP contribution in [0, 0.1) is 6.92 Å². The minimum atomic E-state index is -0.381. The molecular weight excluding hydrogens is 374 g/mol. The third-order valence-electron chi connectivity index (χ3n) is 4.36. The Bertz CT molecular complexity index is 1010. The summed E-state index contributed by atoms with van der Waals surface area (Å²) >= 11 is 6.12. The monoisotopic (exact) mass is 393 g/mol. The molecule has 0 bridgehead atoms. The van der Waals surface area contributed by atoms with Crippen LogP contribution in [-0.2, 0) is 4.74 Å². The van der Waals surface area contributed by atoms with Crippen LogP contribution in [0.2, 0.25) is 5.02 Å². The highest BCUT2D eigenvalue weighted by Crippen LogP contribution is 2.24. The van der Waals surface area contributed by atoms with Crippen molar-refractivity contribution in [1.29, 1.82) is 0 Å². The zero-order valence-electron chi connectivity index (χ0n) is 15.7. The van der Waals surface area contributed by atoms with Gasteiger partial charge in [-0.3, -0.25) is 4.79 Å². The van der Waals surface area contributed by atoms with Gasteiger partial charge in [-0.15, -0.1) is 0 Å². The van der Waals surface area contributed by atoms with E-state index in [9.17, 15) is 9.59 Å². The molecule has 5 heteroatoms. The second-order valence-corrected chi connectivity index (χ2v) is 6.62. The summed E-state index contributed by atoms with van der Waals surface area (Å²) in [6, 6.07) is 19.5. The maximum absolute atomic E-state index is 12.8. The van der Waals surface area contributed by atoms with Crippen LogP contribution < -0.4 is 5.32 Å². The maximum Gasteiger partial charge on any atom is 0.340 e. The molecule has 1 N–H and O–H groups in total. The second-order valence-electron chi connectivity index (χ2n) is 6.21. The molecule has 142 valence electrons. The lowest BCUT2D eigenvalue weighted by atomic mass is 9.99. The van der Waals surface area contributed by atoms with Gasteiger partial charge in [0.2, 0.25) is 0 Å². The molecule has 0 fully saturated rings. The smallest absolute Gasteiger partial charge is 0.340 e. The number of halogens is 1. The van der Waals surface area contributed by atoms with Crippen molar-refractivity contribution in [2.45, 2.75) is 13.8 Å². The number of anilines is 2. The lowest BCUT2D eigenvalue weighted by Gasteiger charge is -2.12. The number of para-hydroxylation sites is 1. The fourth-order valence-corrected chi connectivity index (χ4v) is 3.02. The van der Waals surface area contributed by atoms with E-state index in [1.165, 1.54) is 0 Å². The number of esters is 1. The summed E-state index contributed by atoms with van der Waals surface area (Å²) in [6.07, 6.45) is 0. The van der Waals surface area contributed by atoms with Gasteiger partial charge in [0.25, 0.3) is 0 Å². The Morgan fingerprint density at radius 3 is 2.32 bits per heavy atom. The van der Waals surface area contributed by atoms with Gasteiger partial charge in [-0.25, -0.2) is 4.79 Å². The Morgan fingerprint density at radius 1 is 0.929 bits per heavy atom. The van der Waals surface area contributed by atoms with Gasteiger partial charge in [0.05, 0.1) is 17.9 Å². The minimum absolute atomic E-state index is 0.0847. The Labute approximate surface area is 169 Å². The van der Waals surface area contributed by atoms with E-state index in [1.807, 2.05) is 13.0 Å². The number of nitrogens with one attached hydrogen (secondary N) is 1. The van der Waals surface area contributed by atoms with Gasteiger partial charge in [0, 0.05) is 21.8 Å². The molecule has 3 rings (SSSR count). The Kier molecular flexibility index (Phi) is 6.12. The van der Waals surface area contributed by atoms with Crippen molar-refractivity contribution in [2.75, 3.05) is 11.9 Å². The normalized spacial score (nSPS) is 10.4. The highest BCUT2D eigenvalue weighted by atomic mass is 35.5. The molecule has 0 radical (unpaired) electrons. The average Bonchev–Trinajstić information content (AvgIpc) is 2.71. The molecule has 0 aromatic heterocycles. The van der Waals surface area contributed by atoms with Crippen molar-refractivity contribution in [2.24, 2.45) is 0 Å². The van der Waals surface area contributed by atoms with Crippen molar-refractivity contribution >= 4 is 34.7 Å². The first kappa shape index (κ1) is 19.6. The van der Waals surface area contributed by atoms with E-state index >= 15 is 0 Å². The molecule has 28 heavy (non-hydrogen) atoms. The SMILES string of the molecule is CCOC(=O)c1ccccc1Nc1ccc(C(=O)c2cccc(Cl)c2C)cc1. The summed E-state index contributed by atoms with van der Waals surface area (Å²) in [5.41, 5.74) is 3.77. The molecule has 0 unspecified atom stereocenters. The number of hydrogen-bond donors (Lipinski definition) is 1. The van der Waals surface area contributed by atoms with Crippen molar-refractivity contribution < 1.29 is 14.3 Å². The van der Waals surface area contributed by atoms with Crippen LogP contribution >= 0.6 is 11.6 Å². The van der Waals surface area contributed by atoms with E-state index in [2.05, 4.69) is 5.32 Å². The molecule has 0 aliphatic heterocycles. The Balaban J connectivity index is 1.82. The third kappa shape index (κ3) is 4.24. The van der Waals surface area contributed by atoms with Crippen molar-refractivity contribution in [3.8, 4) is 0 Å². The zero-order chi connectivity index (χ0) is 20.1. The van der Waals surface area contributed by atoms with Gasteiger partial charge in [-0.1, -0.05) is 35.9 Å². The summed E-state index contributed by atoms with van der Waals surface area (Å²) < 4.78 is 5.09. The molecule has 0 amide bonds. The van der Waals surface area contributed by atoms with Gasteiger partial charge in [0.15, 0.2) is 5.78 Å². The average molecular weight is 394 g/mol. The Morgan fingerprint density at radius 2 is 1.61 bits per heavy atom.